The Hall–Kier alpha value is -1.26. The van der Waals surface area contributed by atoms with Crippen LogP contribution in [0.5, 0.6) is 5.75 Å². The molecule has 2 rings (SSSR count). The van der Waals surface area contributed by atoms with Gasteiger partial charge in [0.1, 0.15) is 5.75 Å². The molecule has 1 saturated heterocycles. The number of benzene rings is 1. The van der Waals surface area contributed by atoms with E-state index < -0.39 is 0 Å². The zero-order chi connectivity index (χ0) is 14.5. The van der Waals surface area contributed by atoms with Crippen molar-refractivity contribution in [3.8, 4) is 5.75 Å². The van der Waals surface area contributed by atoms with Crippen LogP contribution in [0.2, 0.25) is 0 Å². The van der Waals surface area contributed by atoms with Crippen molar-refractivity contribution in [1.29, 1.82) is 0 Å². The summed E-state index contributed by atoms with van der Waals surface area (Å²) in [6, 6.07) is 4.17. The monoisotopic (exact) mass is 312 g/mol. The molecule has 0 bridgehead atoms. The van der Waals surface area contributed by atoms with Crippen molar-refractivity contribution in [3.05, 3.63) is 28.8 Å². The number of halogens is 1. The highest BCUT2D eigenvalue weighted by Crippen LogP contribution is 2.23. The van der Waals surface area contributed by atoms with Gasteiger partial charge in [-0.2, -0.15) is 0 Å². The van der Waals surface area contributed by atoms with Gasteiger partial charge in [0, 0.05) is 25.6 Å². The quantitative estimate of drug-likeness (QED) is 0.846. The van der Waals surface area contributed by atoms with Crippen molar-refractivity contribution < 1.29 is 9.53 Å². The van der Waals surface area contributed by atoms with E-state index >= 15 is 0 Å². The van der Waals surface area contributed by atoms with Gasteiger partial charge in [-0.1, -0.05) is 6.07 Å². The zero-order valence-electron chi connectivity index (χ0n) is 13.0. The minimum atomic E-state index is 0. The highest BCUT2D eigenvalue weighted by Gasteiger charge is 2.17. The molecule has 0 atom stereocenters. The molecular formula is C16H25ClN2O2. The molecule has 21 heavy (non-hydrogen) atoms. The summed E-state index contributed by atoms with van der Waals surface area (Å²) in [6.07, 6.45) is 0.409. The summed E-state index contributed by atoms with van der Waals surface area (Å²) >= 11 is 0. The average Bonchev–Trinajstić information content (AvgIpc) is 2.33. The number of hydrogen-bond acceptors (Lipinski definition) is 3. The van der Waals surface area contributed by atoms with Gasteiger partial charge in [0.25, 0.3) is 0 Å². The van der Waals surface area contributed by atoms with Crippen LogP contribution in [0.3, 0.4) is 0 Å². The third kappa shape index (κ3) is 5.21. The van der Waals surface area contributed by atoms with E-state index in [1.54, 1.807) is 0 Å². The van der Waals surface area contributed by atoms with E-state index in [0.717, 1.165) is 30.9 Å². The van der Waals surface area contributed by atoms with E-state index in [4.69, 9.17) is 4.74 Å². The Morgan fingerprint density at radius 3 is 2.67 bits per heavy atom. The highest BCUT2D eigenvalue weighted by atomic mass is 35.5. The molecule has 1 aromatic rings. The number of carbonyl (C=O) groups excluding carboxylic acids is 1. The van der Waals surface area contributed by atoms with Gasteiger partial charge < -0.3 is 15.4 Å². The topological polar surface area (TPSA) is 50.4 Å². The molecule has 1 amide bonds. The number of ether oxygens (including phenoxy) is 1. The fourth-order valence-corrected chi connectivity index (χ4v) is 2.24. The number of carbonyl (C=O) groups is 1. The van der Waals surface area contributed by atoms with Crippen molar-refractivity contribution in [2.75, 3.05) is 26.2 Å². The predicted molar refractivity (Wildman–Crippen MR) is 87.4 cm³/mol. The normalized spacial score (nSPS) is 14.0. The first-order valence-corrected chi connectivity index (χ1v) is 7.24. The summed E-state index contributed by atoms with van der Waals surface area (Å²) in [7, 11) is 0. The lowest BCUT2D eigenvalue weighted by atomic mass is 10.0. The Morgan fingerprint density at radius 1 is 1.33 bits per heavy atom. The third-order valence-corrected chi connectivity index (χ3v) is 3.80. The fraction of sp³-hybridized carbons (Fsp3) is 0.562. The molecule has 1 aliphatic rings. The maximum absolute atomic E-state index is 11.7. The summed E-state index contributed by atoms with van der Waals surface area (Å²) in [5, 5.41) is 6.14. The minimum absolute atomic E-state index is 0. The molecule has 1 heterocycles. The average molecular weight is 313 g/mol. The number of amides is 1. The van der Waals surface area contributed by atoms with Gasteiger partial charge in [-0.15, -0.1) is 12.4 Å². The summed E-state index contributed by atoms with van der Waals surface area (Å²) < 4.78 is 5.74. The van der Waals surface area contributed by atoms with Crippen LogP contribution in [0.4, 0.5) is 0 Å². The first-order chi connectivity index (χ1) is 9.56. The van der Waals surface area contributed by atoms with Crippen LogP contribution in [0.1, 0.15) is 23.1 Å². The van der Waals surface area contributed by atoms with Gasteiger partial charge in [0.2, 0.25) is 5.91 Å². The van der Waals surface area contributed by atoms with E-state index in [-0.39, 0.29) is 18.3 Å². The van der Waals surface area contributed by atoms with Gasteiger partial charge in [-0.3, -0.25) is 4.79 Å². The number of aryl methyl sites for hydroxylation is 2. The Labute approximate surface area is 133 Å². The van der Waals surface area contributed by atoms with E-state index in [1.807, 2.05) is 13.0 Å². The minimum Gasteiger partial charge on any atom is -0.493 e. The number of rotatable bonds is 6. The Bertz CT molecular complexity index is 487. The summed E-state index contributed by atoms with van der Waals surface area (Å²) in [6.45, 7) is 9.41. The Kier molecular flexibility index (Phi) is 6.99. The van der Waals surface area contributed by atoms with Crippen LogP contribution in [0.15, 0.2) is 12.1 Å². The first-order valence-electron chi connectivity index (χ1n) is 7.24. The first kappa shape index (κ1) is 17.8. The second-order valence-corrected chi connectivity index (χ2v) is 5.63. The van der Waals surface area contributed by atoms with Crippen molar-refractivity contribution in [2.24, 2.45) is 5.92 Å². The maximum atomic E-state index is 11.7. The van der Waals surface area contributed by atoms with Crippen LogP contribution in [0.25, 0.3) is 0 Å². The largest absolute Gasteiger partial charge is 0.493 e. The van der Waals surface area contributed by atoms with E-state index in [1.165, 1.54) is 11.1 Å². The Balaban J connectivity index is 0.00000220. The van der Waals surface area contributed by atoms with Crippen molar-refractivity contribution in [2.45, 2.75) is 27.2 Å². The van der Waals surface area contributed by atoms with Gasteiger partial charge in [-0.05, 0) is 43.5 Å². The second-order valence-electron chi connectivity index (χ2n) is 5.63. The smallest absolute Gasteiger partial charge is 0.223 e. The van der Waals surface area contributed by atoms with Crippen LogP contribution >= 0.6 is 12.4 Å². The molecule has 1 aliphatic heterocycles. The summed E-state index contributed by atoms with van der Waals surface area (Å²) in [4.78, 5) is 11.7. The molecule has 2 N–H and O–H groups in total. The zero-order valence-corrected chi connectivity index (χ0v) is 13.8. The maximum Gasteiger partial charge on any atom is 0.223 e. The van der Waals surface area contributed by atoms with Crippen LogP contribution in [0, 0.1) is 26.7 Å². The van der Waals surface area contributed by atoms with E-state index in [0.29, 0.717) is 18.9 Å². The number of nitrogens with one attached hydrogen (secondary N) is 2. The van der Waals surface area contributed by atoms with Crippen molar-refractivity contribution in [1.82, 2.24) is 10.6 Å². The summed E-state index contributed by atoms with van der Waals surface area (Å²) in [5.41, 5.74) is 3.56. The summed E-state index contributed by atoms with van der Waals surface area (Å²) in [5.74, 6) is 1.55. The fourth-order valence-electron chi connectivity index (χ4n) is 2.24. The molecule has 0 aliphatic carbocycles. The van der Waals surface area contributed by atoms with Gasteiger partial charge in [-0.25, -0.2) is 0 Å². The van der Waals surface area contributed by atoms with Crippen molar-refractivity contribution in [3.63, 3.8) is 0 Å². The van der Waals surface area contributed by atoms with Crippen LogP contribution < -0.4 is 15.4 Å². The van der Waals surface area contributed by atoms with Gasteiger partial charge in [0.05, 0.1) is 13.0 Å². The van der Waals surface area contributed by atoms with Crippen LogP contribution in [-0.2, 0) is 4.79 Å². The lowest BCUT2D eigenvalue weighted by Gasteiger charge is -2.27. The molecule has 0 unspecified atom stereocenters. The third-order valence-electron chi connectivity index (χ3n) is 3.80. The molecule has 0 radical (unpaired) electrons. The van der Waals surface area contributed by atoms with Crippen molar-refractivity contribution >= 4 is 18.3 Å². The molecule has 0 saturated carbocycles. The van der Waals surface area contributed by atoms with Gasteiger partial charge >= 0.3 is 0 Å². The van der Waals surface area contributed by atoms with E-state index in [2.05, 4.69) is 30.5 Å². The molecule has 0 aromatic heterocycles. The molecular weight excluding hydrogens is 288 g/mol. The highest BCUT2D eigenvalue weighted by molar-refractivity contribution is 5.85. The standard InChI is InChI=1S/C16H24N2O2.ClH/c1-11-6-12(2)13(3)15(7-11)20-5-4-16(19)18-10-14-8-17-9-14;/h6-7,14,17H,4-5,8-10H2,1-3H3,(H,18,19);1H. The lowest BCUT2D eigenvalue weighted by Crippen LogP contribution is -2.48. The lowest BCUT2D eigenvalue weighted by molar-refractivity contribution is -0.121. The Morgan fingerprint density at radius 2 is 2.05 bits per heavy atom. The molecule has 0 spiro atoms. The molecule has 4 nitrogen and oxygen atoms in total. The molecule has 118 valence electrons. The molecule has 1 aromatic carbocycles. The second kappa shape index (κ2) is 8.25. The molecule has 1 fully saturated rings. The van der Waals surface area contributed by atoms with Crippen LogP contribution in [-0.4, -0.2) is 32.1 Å². The number of hydrogen-bond donors (Lipinski definition) is 2. The van der Waals surface area contributed by atoms with Gasteiger partial charge in [0.15, 0.2) is 0 Å². The SMILES string of the molecule is Cc1cc(C)c(C)c(OCCC(=O)NCC2CNC2)c1.Cl. The predicted octanol–water partition coefficient (Wildman–Crippen LogP) is 2.14. The molecule has 5 heteroatoms. The van der Waals surface area contributed by atoms with E-state index in [9.17, 15) is 4.79 Å².